The van der Waals surface area contributed by atoms with Crippen LogP contribution in [-0.2, 0) is 6.54 Å². The molecular weight excluding hydrogens is 328 g/mol. The number of nitrogens with zero attached hydrogens (tertiary/aromatic N) is 1. The molecule has 1 heterocycles. The van der Waals surface area contributed by atoms with Crippen molar-refractivity contribution in [3.8, 4) is 11.5 Å². The maximum absolute atomic E-state index is 12.4. The Morgan fingerprint density at radius 2 is 1.81 bits per heavy atom. The Balaban J connectivity index is 1.60. The lowest BCUT2D eigenvalue weighted by Gasteiger charge is -2.17. The molecule has 0 bridgehead atoms. The number of nitrogens with one attached hydrogen (secondary N) is 1. The number of amides is 1. The third kappa shape index (κ3) is 4.28. The summed E-state index contributed by atoms with van der Waals surface area (Å²) >= 11 is 0. The van der Waals surface area contributed by atoms with Crippen molar-refractivity contribution in [2.45, 2.75) is 26.3 Å². The predicted octanol–water partition coefficient (Wildman–Crippen LogP) is 3.62. The fourth-order valence-electron chi connectivity index (χ4n) is 3.17. The van der Waals surface area contributed by atoms with Crippen molar-refractivity contribution in [2.24, 2.45) is 0 Å². The van der Waals surface area contributed by atoms with Gasteiger partial charge in [0.15, 0.2) is 11.5 Å². The van der Waals surface area contributed by atoms with Crippen LogP contribution in [0.15, 0.2) is 42.5 Å². The zero-order chi connectivity index (χ0) is 18.4. The van der Waals surface area contributed by atoms with E-state index in [4.69, 9.17) is 9.47 Å². The van der Waals surface area contributed by atoms with Gasteiger partial charge >= 0.3 is 0 Å². The number of hydrogen-bond donors (Lipinski definition) is 1. The molecule has 0 saturated carbocycles. The van der Waals surface area contributed by atoms with Crippen LogP contribution in [-0.4, -0.2) is 32.7 Å². The summed E-state index contributed by atoms with van der Waals surface area (Å²) in [6.07, 6.45) is 2.53. The second kappa shape index (κ2) is 8.61. The largest absolute Gasteiger partial charge is 0.493 e. The molecule has 1 fully saturated rings. The van der Waals surface area contributed by atoms with Crippen molar-refractivity contribution in [3.05, 3.63) is 53.6 Å². The summed E-state index contributed by atoms with van der Waals surface area (Å²) in [6, 6.07) is 13.6. The molecule has 0 aliphatic carbocycles. The van der Waals surface area contributed by atoms with Gasteiger partial charge in [-0.25, -0.2) is 0 Å². The molecule has 5 nitrogen and oxygen atoms in total. The number of carbonyl (C=O) groups is 1. The van der Waals surface area contributed by atoms with E-state index in [1.807, 2.05) is 6.92 Å². The Kier molecular flexibility index (Phi) is 6.00. The second-order valence-corrected chi connectivity index (χ2v) is 6.34. The maximum Gasteiger partial charge on any atom is 0.251 e. The van der Waals surface area contributed by atoms with Crippen LogP contribution in [0.25, 0.3) is 0 Å². The van der Waals surface area contributed by atoms with Crippen molar-refractivity contribution in [1.29, 1.82) is 0 Å². The molecule has 0 aromatic heterocycles. The van der Waals surface area contributed by atoms with Gasteiger partial charge in [-0.3, -0.25) is 4.79 Å². The van der Waals surface area contributed by atoms with Gasteiger partial charge in [0.2, 0.25) is 0 Å². The second-order valence-electron chi connectivity index (χ2n) is 6.34. The first-order valence-corrected chi connectivity index (χ1v) is 9.14. The highest BCUT2D eigenvalue weighted by atomic mass is 16.5. The minimum Gasteiger partial charge on any atom is -0.493 e. The van der Waals surface area contributed by atoms with Gasteiger partial charge < -0.3 is 19.7 Å². The van der Waals surface area contributed by atoms with Crippen LogP contribution in [0.1, 0.15) is 35.7 Å². The molecule has 1 aliphatic rings. The summed E-state index contributed by atoms with van der Waals surface area (Å²) in [5.74, 6) is 1.08. The third-order valence-corrected chi connectivity index (χ3v) is 4.59. The van der Waals surface area contributed by atoms with Gasteiger partial charge in [-0.05, 0) is 55.7 Å². The molecule has 0 spiro atoms. The van der Waals surface area contributed by atoms with E-state index >= 15 is 0 Å². The van der Waals surface area contributed by atoms with E-state index in [1.165, 1.54) is 18.5 Å². The summed E-state index contributed by atoms with van der Waals surface area (Å²) in [5.41, 5.74) is 2.90. The highest BCUT2D eigenvalue weighted by Crippen LogP contribution is 2.28. The van der Waals surface area contributed by atoms with Crippen LogP contribution in [0.2, 0.25) is 0 Å². The monoisotopic (exact) mass is 354 g/mol. The minimum absolute atomic E-state index is 0.128. The minimum atomic E-state index is -0.128. The van der Waals surface area contributed by atoms with E-state index in [0.717, 1.165) is 18.7 Å². The number of methoxy groups -OCH3 is 1. The zero-order valence-corrected chi connectivity index (χ0v) is 15.5. The van der Waals surface area contributed by atoms with Crippen LogP contribution < -0.4 is 19.7 Å². The molecule has 0 radical (unpaired) electrons. The molecule has 138 valence electrons. The lowest BCUT2D eigenvalue weighted by molar-refractivity contribution is 0.0950. The SMILES string of the molecule is CCOc1cc(C(=O)NCc2ccc(N3CCCC3)cc2)ccc1OC. The molecule has 1 N–H and O–H groups in total. The Hall–Kier alpha value is -2.69. The van der Waals surface area contributed by atoms with E-state index < -0.39 is 0 Å². The number of benzene rings is 2. The fraction of sp³-hybridized carbons (Fsp3) is 0.381. The van der Waals surface area contributed by atoms with E-state index in [1.54, 1.807) is 25.3 Å². The van der Waals surface area contributed by atoms with Crippen LogP contribution >= 0.6 is 0 Å². The van der Waals surface area contributed by atoms with Gasteiger partial charge in [0.1, 0.15) is 0 Å². The molecule has 0 atom stereocenters. The number of ether oxygens (including phenoxy) is 2. The van der Waals surface area contributed by atoms with Crippen LogP contribution in [0, 0.1) is 0 Å². The first kappa shape index (κ1) is 18.1. The third-order valence-electron chi connectivity index (χ3n) is 4.59. The predicted molar refractivity (Wildman–Crippen MR) is 103 cm³/mol. The van der Waals surface area contributed by atoms with Crippen LogP contribution in [0.4, 0.5) is 5.69 Å². The molecule has 2 aromatic rings. The van der Waals surface area contributed by atoms with Gasteiger partial charge in [-0.1, -0.05) is 12.1 Å². The van der Waals surface area contributed by atoms with Gasteiger partial charge in [0.05, 0.1) is 13.7 Å². The first-order valence-electron chi connectivity index (χ1n) is 9.14. The molecule has 1 amide bonds. The number of hydrogen-bond acceptors (Lipinski definition) is 4. The van der Waals surface area contributed by atoms with Crippen LogP contribution in [0.3, 0.4) is 0 Å². The van der Waals surface area contributed by atoms with Gasteiger partial charge in [0, 0.05) is 30.9 Å². The van der Waals surface area contributed by atoms with E-state index in [9.17, 15) is 4.79 Å². The summed E-state index contributed by atoms with van der Waals surface area (Å²) < 4.78 is 10.8. The van der Waals surface area contributed by atoms with E-state index in [-0.39, 0.29) is 5.91 Å². The maximum atomic E-state index is 12.4. The smallest absolute Gasteiger partial charge is 0.251 e. The lowest BCUT2D eigenvalue weighted by Crippen LogP contribution is -2.23. The quantitative estimate of drug-likeness (QED) is 0.825. The molecule has 26 heavy (non-hydrogen) atoms. The normalized spacial score (nSPS) is 13.5. The number of anilines is 1. The highest BCUT2D eigenvalue weighted by Gasteiger charge is 2.13. The van der Waals surface area contributed by atoms with Crippen molar-refractivity contribution < 1.29 is 14.3 Å². The molecule has 1 aliphatic heterocycles. The Labute approximate surface area is 154 Å². The molecule has 5 heteroatoms. The average Bonchev–Trinajstić information content (AvgIpc) is 3.21. The van der Waals surface area contributed by atoms with E-state index in [2.05, 4.69) is 34.5 Å². The van der Waals surface area contributed by atoms with Crippen LogP contribution in [0.5, 0.6) is 11.5 Å². The first-order chi connectivity index (χ1) is 12.7. The van der Waals surface area contributed by atoms with E-state index in [0.29, 0.717) is 30.2 Å². The zero-order valence-electron chi connectivity index (χ0n) is 15.5. The van der Waals surface area contributed by atoms with Gasteiger partial charge in [0.25, 0.3) is 5.91 Å². The Morgan fingerprint density at radius 1 is 1.08 bits per heavy atom. The summed E-state index contributed by atoms with van der Waals surface area (Å²) in [4.78, 5) is 14.8. The van der Waals surface area contributed by atoms with Crippen molar-refractivity contribution in [2.75, 3.05) is 31.7 Å². The highest BCUT2D eigenvalue weighted by molar-refractivity contribution is 5.94. The van der Waals surface area contributed by atoms with Gasteiger partial charge in [-0.15, -0.1) is 0 Å². The topological polar surface area (TPSA) is 50.8 Å². The molecule has 2 aromatic carbocycles. The van der Waals surface area contributed by atoms with Gasteiger partial charge in [-0.2, -0.15) is 0 Å². The number of carbonyl (C=O) groups excluding carboxylic acids is 1. The molecule has 0 unspecified atom stereocenters. The summed E-state index contributed by atoms with van der Waals surface area (Å²) in [5, 5.41) is 2.96. The average molecular weight is 354 g/mol. The fourth-order valence-corrected chi connectivity index (χ4v) is 3.17. The standard InChI is InChI=1S/C21H26N2O3/c1-3-26-20-14-17(8-11-19(20)25-2)21(24)22-15-16-6-9-18(10-7-16)23-12-4-5-13-23/h6-11,14H,3-5,12-13,15H2,1-2H3,(H,22,24). The Bertz CT molecular complexity index is 737. The molecule has 3 rings (SSSR count). The van der Waals surface area contributed by atoms with Crippen molar-refractivity contribution >= 4 is 11.6 Å². The van der Waals surface area contributed by atoms with Crippen molar-refractivity contribution in [3.63, 3.8) is 0 Å². The molecular formula is C21H26N2O3. The molecule has 1 saturated heterocycles. The summed E-state index contributed by atoms with van der Waals surface area (Å²) in [6.45, 7) is 5.18. The number of rotatable bonds is 7. The lowest BCUT2D eigenvalue weighted by atomic mass is 10.1. The Morgan fingerprint density at radius 3 is 2.46 bits per heavy atom. The van der Waals surface area contributed by atoms with Crippen molar-refractivity contribution in [1.82, 2.24) is 5.32 Å². The summed E-state index contributed by atoms with van der Waals surface area (Å²) in [7, 11) is 1.59.